The molecule has 112 valence electrons. The van der Waals surface area contributed by atoms with Crippen LogP contribution in [0.2, 0.25) is 0 Å². The van der Waals surface area contributed by atoms with Gasteiger partial charge in [-0.2, -0.15) is 0 Å². The molecule has 0 saturated carbocycles. The molecule has 3 aliphatic rings. The quantitative estimate of drug-likeness (QED) is 0.688. The fourth-order valence-electron chi connectivity index (χ4n) is 3.52. The molecule has 4 heteroatoms. The number of sulfone groups is 1. The van der Waals surface area contributed by atoms with Crippen LogP contribution in [0.5, 0.6) is 0 Å². The van der Waals surface area contributed by atoms with Gasteiger partial charge in [-0.1, -0.05) is 20.8 Å². The molecule has 3 saturated heterocycles. The van der Waals surface area contributed by atoms with Gasteiger partial charge < -0.3 is 4.74 Å². The number of ether oxygens (including phenoxy) is 1. The minimum absolute atomic E-state index is 0.110. The second-order valence-corrected chi connectivity index (χ2v) is 9.18. The number of hydrogen-bond donors (Lipinski definition) is 0. The van der Waals surface area contributed by atoms with Crippen molar-refractivity contribution >= 4 is 9.84 Å². The Balaban J connectivity index is 0.000000141. The van der Waals surface area contributed by atoms with Gasteiger partial charge in [0.2, 0.25) is 0 Å². The maximum absolute atomic E-state index is 11.2. The Bertz CT molecular complexity index is 386. The predicted octanol–water partition coefficient (Wildman–Crippen LogP) is 3.04. The lowest BCUT2D eigenvalue weighted by molar-refractivity contribution is 0.0897. The standard InChI is InChI=1S/C8H14O.C7H14O2S/c1-5-6(2)8-4-3-7(5)9-8;1-6-4-3-5-10(8,9)7(6)2/h5-8H,3-4H2,1-2H3;6-7H,3-5H2,1-2H3/t5-,6+,7?,8?;6-,7-/m.1/s1. The first-order valence-corrected chi connectivity index (χ1v) is 9.41. The molecule has 0 aromatic carbocycles. The smallest absolute Gasteiger partial charge is 0.153 e. The van der Waals surface area contributed by atoms with Crippen molar-refractivity contribution < 1.29 is 13.2 Å². The van der Waals surface area contributed by atoms with Crippen molar-refractivity contribution in [2.75, 3.05) is 5.75 Å². The second kappa shape index (κ2) is 5.72. The van der Waals surface area contributed by atoms with Gasteiger partial charge in [0.15, 0.2) is 9.84 Å². The Morgan fingerprint density at radius 2 is 1.42 bits per heavy atom. The molecule has 3 nitrogen and oxygen atoms in total. The normalized spacial score (nSPS) is 47.6. The van der Waals surface area contributed by atoms with Crippen molar-refractivity contribution in [3.8, 4) is 0 Å². The minimum atomic E-state index is -2.71. The average Bonchev–Trinajstić information content (AvgIpc) is 2.92. The molecule has 0 N–H and O–H groups in total. The average molecular weight is 288 g/mol. The molecule has 3 fully saturated rings. The van der Waals surface area contributed by atoms with E-state index < -0.39 is 9.84 Å². The lowest BCUT2D eigenvalue weighted by Gasteiger charge is -2.24. The van der Waals surface area contributed by atoms with Crippen LogP contribution in [0.3, 0.4) is 0 Å². The Labute approximate surface area is 118 Å². The van der Waals surface area contributed by atoms with E-state index in [9.17, 15) is 8.42 Å². The monoisotopic (exact) mass is 288 g/mol. The van der Waals surface area contributed by atoms with Crippen molar-refractivity contribution in [3.05, 3.63) is 0 Å². The van der Waals surface area contributed by atoms with Crippen molar-refractivity contribution in [1.29, 1.82) is 0 Å². The Morgan fingerprint density at radius 3 is 1.74 bits per heavy atom. The molecule has 0 spiro atoms. The van der Waals surface area contributed by atoms with Crippen LogP contribution in [0.1, 0.15) is 53.4 Å². The summed E-state index contributed by atoms with van der Waals surface area (Å²) in [5.74, 6) is 2.41. The predicted molar refractivity (Wildman–Crippen MR) is 77.9 cm³/mol. The van der Waals surface area contributed by atoms with Crippen LogP contribution in [0.4, 0.5) is 0 Å². The zero-order valence-electron chi connectivity index (χ0n) is 12.6. The minimum Gasteiger partial charge on any atom is -0.374 e. The Hall–Kier alpha value is -0.0900. The van der Waals surface area contributed by atoms with E-state index in [1.54, 1.807) is 0 Å². The zero-order valence-corrected chi connectivity index (χ0v) is 13.4. The van der Waals surface area contributed by atoms with Gasteiger partial charge in [0.1, 0.15) is 0 Å². The lowest BCUT2D eigenvalue weighted by Crippen LogP contribution is -2.32. The van der Waals surface area contributed by atoms with E-state index in [1.807, 2.05) is 13.8 Å². The highest BCUT2D eigenvalue weighted by atomic mass is 32.2. The summed E-state index contributed by atoms with van der Waals surface area (Å²) in [6, 6.07) is 0. The molecule has 3 heterocycles. The van der Waals surface area contributed by atoms with Gasteiger partial charge in [0.05, 0.1) is 23.2 Å². The maximum atomic E-state index is 11.2. The van der Waals surface area contributed by atoms with Crippen LogP contribution in [0.15, 0.2) is 0 Å². The first-order chi connectivity index (χ1) is 8.83. The Morgan fingerprint density at radius 1 is 0.895 bits per heavy atom. The molecule has 0 aromatic rings. The zero-order chi connectivity index (χ0) is 14.2. The summed E-state index contributed by atoms with van der Waals surface area (Å²) in [6.45, 7) is 8.46. The van der Waals surface area contributed by atoms with Crippen molar-refractivity contribution in [2.24, 2.45) is 17.8 Å². The molecule has 3 aliphatic heterocycles. The number of rotatable bonds is 0. The van der Waals surface area contributed by atoms with Crippen LogP contribution < -0.4 is 0 Å². The third-order valence-electron chi connectivity index (χ3n) is 5.54. The van der Waals surface area contributed by atoms with E-state index in [4.69, 9.17) is 4.74 Å². The number of fused-ring (bicyclic) bond motifs is 2. The SMILES string of the molecule is C[C@@H]1C2CCC(O2)[C@@H]1C.C[C@@H]1CCCS(=O)(=O)[C@@H]1C. The fourth-order valence-corrected chi connectivity index (χ4v) is 5.31. The summed E-state index contributed by atoms with van der Waals surface area (Å²) in [4.78, 5) is 0. The largest absolute Gasteiger partial charge is 0.374 e. The summed E-state index contributed by atoms with van der Waals surface area (Å²) < 4.78 is 28.1. The van der Waals surface area contributed by atoms with Crippen LogP contribution in [0, 0.1) is 17.8 Å². The van der Waals surface area contributed by atoms with E-state index >= 15 is 0 Å². The van der Waals surface area contributed by atoms with Gasteiger partial charge in [-0.3, -0.25) is 0 Å². The molecule has 0 radical (unpaired) electrons. The molecule has 0 aliphatic carbocycles. The molecular formula is C15H28O3S. The van der Waals surface area contributed by atoms with Gasteiger partial charge in [-0.05, 0) is 50.4 Å². The van der Waals surface area contributed by atoms with E-state index in [0.29, 0.717) is 23.9 Å². The second-order valence-electron chi connectivity index (χ2n) is 6.70. The third kappa shape index (κ3) is 3.15. The van der Waals surface area contributed by atoms with Crippen molar-refractivity contribution in [2.45, 2.75) is 70.8 Å². The summed E-state index contributed by atoms with van der Waals surface area (Å²) in [6.07, 6.45) is 5.79. The van der Waals surface area contributed by atoms with Crippen molar-refractivity contribution in [1.82, 2.24) is 0 Å². The summed E-state index contributed by atoms with van der Waals surface area (Å²) in [5, 5.41) is -0.110. The highest BCUT2D eigenvalue weighted by molar-refractivity contribution is 7.92. The molecule has 2 bridgehead atoms. The van der Waals surface area contributed by atoms with Gasteiger partial charge in [-0.15, -0.1) is 0 Å². The van der Waals surface area contributed by atoms with E-state index in [1.165, 1.54) is 12.8 Å². The number of hydrogen-bond acceptors (Lipinski definition) is 3. The first kappa shape index (κ1) is 15.3. The highest BCUT2D eigenvalue weighted by Gasteiger charge is 2.43. The molecule has 6 atom stereocenters. The fraction of sp³-hybridized carbons (Fsp3) is 1.00. The molecule has 19 heavy (non-hydrogen) atoms. The molecule has 0 amide bonds. The summed E-state index contributed by atoms with van der Waals surface area (Å²) >= 11 is 0. The highest BCUT2D eigenvalue weighted by Crippen LogP contribution is 2.42. The summed E-state index contributed by atoms with van der Waals surface area (Å²) in [5.41, 5.74) is 0. The van der Waals surface area contributed by atoms with Crippen LogP contribution in [-0.2, 0) is 14.6 Å². The van der Waals surface area contributed by atoms with Gasteiger partial charge in [-0.25, -0.2) is 8.42 Å². The topological polar surface area (TPSA) is 43.4 Å². The van der Waals surface area contributed by atoms with Gasteiger partial charge in [0.25, 0.3) is 0 Å². The maximum Gasteiger partial charge on any atom is 0.153 e. The molecule has 2 unspecified atom stereocenters. The molecular weight excluding hydrogens is 260 g/mol. The van der Waals surface area contributed by atoms with Crippen molar-refractivity contribution in [3.63, 3.8) is 0 Å². The van der Waals surface area contributed by atoms with Crippen LogP contribution in [0.25, 0.3) is 0 Å². The summed E-state index contributed by atoms with van der Waals surface area (Å²) in [7, 11) is -2.71. The van der Waals surface area contributed by atoms with E-state index in [-0.39, 0.29) is 5.25 Å². The van der Waals surface area contributed by atoms with Gasteiger partial charge in [0, 0.05) is 0 Å². The van der Waals surface area contributed by atoms with Crippen LogP contribution in [-0.4, -0.2) is 31.6 Å². The first-order valence-electron chi connectivity index (χ1n) is 7.70. The molecule has 0 aromatic heterocycles. The van der Waals surface area contributed by atoms with Crippen LogP contribution >= 0.6 is 0 Å². The molecule has 3 rings (SSSR count). The van der Waals surface area contributed by atoms with E-state index in [0.717, 1.165) is 24.7 Å². The lowest BCUT2D eigenvalue weighted by atomic mass is 9.82. The Kier molecular flexibility index (Phi) is 4.61. The van der Waals surface area contributed by atoms with E-state index in [2.05, 4.69) is 13.8 Å². The van der Waals surface area contributed by atoms with Gasteiger partial charge >= 0.3 is 0 Å². The third-order valence-corrected chi connectivity index (χ3v) is 8.00.